The Bertz CT molecular complexity index is 671. The lowest BCUT2D eigenvalue weighted by molar-refractivity contribution is -0.129. The summed E-state index contributed by atoms with van der Waals surface area (Å²) in [6, 6.07) is 8.11. The summed E-state index contributed by atoms with van der Waals surface area (Å²) >= 11 is 6.24. The van der Waals surface area contributed by atoms with Crippen molar-refractivity contribution in [1.82, 2.24) is 15.1 Å². The first-order chi connectivity index (χ1) is 12.6. The monoisotopic (exact) mass is 375 g/mol. The van der Waals surface area contributed by atoms with E-state index in [0.717, 1.165) is 43.1 Å². The third-order valence-corrected chi connectivity index (χ3v) is 5.59. The molecule has 0 spiro atoms. The maximum Gasteiger partial charge on any atom is 0.225 e. The lowest BCUT2D eigenvalue weighted by Gasteiger charge is -2.33. The third-order valence-electron chi connectivity index (χ3n) is 5.22. The van der Waals surface area contributed by atoms with Crippen LogP contribution in [0.2, 0.25) is 5.02 Å². The maximum atomic E-state index is 12.5. The number of amides is 2. The molecule has 0 aromatic heterocycles. The van der Waals surface area contributed by atoms with Crippen LogP contribution in [0.15, 0.2) is 36.9 Å². The molecular formula is C20H26ClN3O2. The Kier molecular flexibility index (Phi) is 6.33. The zero-order chi connectivity index (χ0) is 18.5. The normalized spacial score (nSPS) is 21.8. The molecule has 1 N–H and O–H groups in total. The summed E-state index contributed by atoms with van der Waals surface area (Å²) in [5, 5.41) is 3.95. The van der Waals surface area contributed by atoms with Crippen molar-refractivity contribution in [3.63, 3.8) is 0 Å². The topological polar surface area (TPSA) is 52.7 Å². The summed E-state index contributed by atoms with van der Waals surface area (Å²) in [6.45, 7) is 7.38. The first-order valence-corrected chi connectivity index (χ1v) is 9.59. The van der Waals surface area contributed by atoms with Crippen LogP contribution in [0.4, 0.5) is 0 Å². The van der Waals surface area contributed by atoms with Crippen LogP contribution >= 0.6 is 11.6 Å². The van der Waals surface area contributed by atoms with Gasteiger partial charge in [0.1, 0.15) is 0 Å². The van der Waals surface area contributed by atoms with Crippen LogP contribution in [0.1, 0.15) is 24.8 Å². The van der Waals surface area contributed by atoms with Gasteiger partial charge in [0, 0.05) is 50.2 Å². The molecule has 26 heavy (non-hydrogen) atoms. The number of hydrogen-bond donors (Lipinski definition) is 1. The number of carbonyl (C=O) groups is 2. The van der Waals surface area contributed by atoms with Crippen LogP contribution in [0, 0.1) is 5.92 Å². The molecule has 1 aromatic rings. The zero-order valence-electron chi connectivity index (χ0n) is 15.0. The molecule has 2 aliphatic rings. The Morgan fingerprint density at radius 1 is 1.31 bits per heavy atom. The van der Waals surface area contributed by atoms with E-state index in [2.05, 4.69) is 22.9 Å². The highest BCUT2D eigenvalue weighted by atomic mass is 35.5. The number of nitrogens with zero attached hydrogens (tertiary/aromatic N) is 2. The van der Waals surface area contributed by atoms with Crippen LogP contribution in [-0.4, -0.2) is 53.8 Å². The zero-order valence-corrected chi connectivity index (χ0v) is 15.8. The molecule has 0 radical (unpaired) electrons. The van der Waals surface area contributed by atoms with E-state index in [1.807, 2.05) is 18.2 Å². The molecule has 3 rings (SSSR count). The molecule has 1 atom stereocenters. The highest BCUT2D eigenvalue weighted by Crippen LogP contribution is 2.21. The highest BCUT2D eigenvalue weighted by Gasteiger charge is 2.34. The second kappa shape index (κ2) is 8.69. The van der Waals surface area contributed by atoms with Crippen LogP contribution < -0.4 is 5.32 Å². The van der Waals surface area contributed by atoms with Crippen molar-refractivity contribution < 1.29 is 9.59 Å². The van der Waals surface area contributed by atoms with Crippen molar-refractivity contribution in [1.29, 1.82) is 0 Å². The minimum absolute atomic E-state index is 0.00876. The maximum absolute atomic E-state index is 12.5. The largest absolute Gasteiger partial charge is 0.353 e. The Hall–Kier alpha value is -1.85. The predicted molar refractivity (Wildman–Crippen MR) is 103 cm³/mol. The Balaban J connectivity index is 1.44. The first-order valence-electron chi connectivity index (χ1n) is 9.21. The number of nitrogens with one attached hydrogen (secondary N) is 1. The van der Waals surface area contributed by atoms with Crippen molar-refractivity contribution in [2.75, 3.05) is 26.2 Å². The fourth-order valence-corrected chi connectivity index (χ4v) is 3.90. The Morgan fingerprint density at radius 3 is 2.73 bits per heavy atom. The molecule has 0 aliphatic carbocycles. The molecule has 6 heteroatoms. The number of carbonyl (C=O) groups excluding carboxylic acids is 2. The molecule has 140 valence electrons. The van der Waals surface area contributed by atoms with Gasteiger partial charge in [0.05, 0.1) is 5.92 Å². The van der Waals surface area contributed by atoms with E-state index in [0.29, 0.717) is 19.5 Å². The molecule has 2 saturated heterocycles. The Morgan fingerprint density at radius 2 is 2.04 bits per heavy atom. The van der Waals surface area contributed by atoms with Gasteiger partial charge < -0.3 is 10.2 Å². The van der Waals surface area contributed by atoms with E-state index in [1.165, 1.54) is 0 Å². The quantitative estimate of drug-likeness (QED) is 0.777. The number of likely N-dealkylation sites (tertiary alicyclic amines) is 2. The first kappa shape index (κ1) is 18.9. The van der Waals surface area contributed by atoms with E-state index in [9.17, 15) is 9.59 Å². The van der Waals surface area contributed by atoms with Gasteiger partial charge in [-0.15, -0.1) is 6.58 Å². The SMILES string of the molecule is C=CCN1CC(C(=O)NC2CCN(Cc3ccccc3Cl)CC2)CC1=O. The molecule has 1 unspecified atom stereocenters. The van der Waals surface area contributed by atoms with Crippen molar-refractivity contribution in [3.8, 4) is 0 Å². The molecule has 2 heterocycles. The number of halogens is 1. The van der Waals surface area contributed by atoms with Gasteiger partial charge in [-0.1, -0.05) is 35.9 Å². The van der Waals surface area contributed by atoms with Gasteiger partial charge in [-0.2, -0.15) is 0 Å². The van der Waals surface area contributed by atoms with Gasteiger partial charge in [-0.3, -0.25) is 14.5 Å². The smallest absolute Gasteiger partial charge is 0.225 e. The van der Waals surface area contributed by atoms with Crippen LogP contribution in [-0.2, 0) is 16.1 Å². The van der Waals surface area contributed by atoms with E-state index in [1.54, 1.807) is 11.0 Å². The highest BCUT2D eigenvalue weighted by molar-refractivity contribution is 6.31. The summed E-state index contributed by atoms with van der Waals surface area (Å²) in [6.07, 6.45) is 3.86. The predicted octanol–water partition coefficient (Wildman–Crippen LogP) is 2.46. The van der Waals surface area contributed by atoms with E-state index >= 15 is 0 Å². The summed E-state index contributed by atoms with van der Waals surface area (Å²) in [5.74, 6) is -0.183. The lowest BCUT2D eigenvalue weighted by atomic mass is 10.0. The van der Waals surface area contributed by atoms with Gasteiger partial charge in [-0.05, 0) is 24.5 Å². The number of hydrogen-bond acceptors (Lipinski definition) is 3. The molecule has 2 amide bonds. The van der Waals surface area contributed by atoms with Gasteiger partial charge in [0.25, 0.3) is 0 Å². The number of piperidine rings is 1. The molecule has 0 bridgehead atoms. The van der Waals surface area contributed by atoms with E-state index < -0.39 is 0 Å². The summed E-state index contributed by atoms with van der Waals surface area (Å²) in [7, 11) is 0. The van der Waals surface area contributed by atoms with Crippen molar-refractivity contribution in [3.05, 3.63) is 47.5 Å². The Labute approximate surface area is 160 Å². The van der Waals surface area contributed by atoms with E-state index in [-0.39, 0.29) is 23.8 Å². The summed E-state index contributed by atoms with van der Waals surface area (Å²) in [4.78, 5) is 28.4. The van der Waals surface area contributed by atoms with Gasteiger partial charge in [0.2, 0.25) is 11.8 Å². The fourth-order valence-electron chi connectivity index (χ4n) is 3.70. The van der Waals surface area contributed by atoms with Gasteiger partial charge in [0.15, 0.2) is 0 Å². The number of benzene rings is 1. The van der Waals surface area contributed by atoms with Crippen LogP contribution in [0.25, 0.3) is 0 Å². The summed E-state index contributed by atoms with van der Waals surface area (Å²) < 4.78 is 0. The third kappa shape index (κ3) is 4.65. The van der Waals surface area contributed by atoms with Crippen molar-refractivity contribution in [2.45, 2.75) is 31.8 Å². The molecule has 5 nitrogen and oxygen atoms in total. The molecular weight excluding hydrogens is 350 g/mol. The minimum atomic E-state index is -0.233. The average molecular weight is 376 g/mol. The molecule has 2 fully saturated rings. The average Bonchev–Trinajstić information content (AvgIpc) is 3.00. The second-order valence-corrected chi connectivity index (χ2v) is 7.55. The van der Waals surface area contributed by atoms with Crippen LogP contribution in [0.3, 0.4) is 0 Å². The van der Waals surface area contributed by atoms with Gasteiger partial charge in [-0.25, -0.2) is 0 Å². The van der Waals surface area contributed by atoms with Crippen LogP contribution in [0.5, 0.6) is 0 Å². The summed E-state index contributed by atoms with van der Waals surface area (Å²) in [5.41, 5.74) is 1.14. The molecule has 2 aliphatic heterocycles. The van der Waals surface area contributed by atoms with Crippen molar-refractivity contribution >= 4 is 23.4 Å². The standard InChI is InChI=1S/C20H26ClN3O2/c1-2-9-24-14-16(12-19(24)25)20(26)22-17-7-10-23(11-8-17)13-15-5-3-4-6-18(15)21/h2-6,16-17H,1,7-14H2,(H,22,26). The molecule has 1 aromatic carbocycles. The van der Waals surface area contributed by atoms with Gasteiger partial charge >= 0.3 is 0 Å². The lowest BCUT2D eigenvalue weighted by Crippen LogP contribution is -2.46. The van der Waals surface area contributed by atoms with Crippen molar-refractivity contribution in [2.24, 2.45) is 5.92 Å². The second-order valence-electron chi connectivity index (χ2n) is 7.14. The fraction of sp³-hybridized carbons (Fsp3) is 0.500. The van der Waals surface area contributed by atoms with E-state index in [4.69, 9.17) is 11.6 Å². The minimum Gasteiger partial charge on any atom is -0.353 e. The molecule has 0 saturated carbocycles. The number of rotatable bonds is 6.